The van der Waals surface area contributed by atoms with E-state index in [2.05, 4.69) is 38.6 Å². The van der Waals surface area contributed by atoms with Gasteiger partial charge in [0.05, 0.1) is 16.6 Å². The van der Waals surface area contributed by atoms with Crippen LogP contribution in [0.25, 0.3) is 38.5 Å². The second-order valence-electron chi connectivity index (χ2n) is 15.4. The maximum absolute atomic E-state index is 17.3. The van der Waals surface area contributed by atoms with Gasteiger partial charge in [0.1, 0.15) is 36.1 Å². The number of aryl methyl sites for hydroxylation is 1. The summed E-state index contributed by atoms with van der Waals surface area (Å²) in [5.41, 5.74) is 1.82. The number of piperazine rings is 1. The summed E-state index contributed by atoms with van der Waals surface area (Å²) in [6, 6.07) is 9.97. The number of halogens is 5. The Kier molecular flexibility index (Phi) is 9.07. The molecule has 1 N–H and O–H groups in total. The molecule has 0 aliphatic carbocycles. The normalized spacial score (nSPS) is 23.7. The predicted molar refractivity (Wildman–Crippen MR) is 202 cm³/mol. The van der Waals surface area contributed by atoms with E-state index in [0.29, 0.717) is 52.9 Å². The summed E-state index contributed by atoms with van der Waals surface area (Å²) in [4.78, 5) is 26.1. The standard InChI is InChI=1S/C41H41F5N8O2/c1-4-25-19-53-27(18-48-25)17-22(2)34-32-36(33(43)35(50-34)28-8-5-7-24-9-10-29(42)23(3)31(24)28)51-39(52-37(32)53)56-21-40-13-6-16-54(40)26(11-14-40)20-55-30-12-15-47-38(49-30)41(44,45)46/h5,7-10,12,15,25-27,48H,2,4,6,11,13-14,16-21H2,1,3H3/t25-,26+,27-,40+/m1/s1. The van der Waals surface area contributed by atoms with Crippen molar-refractivity contribution in [2.75, 3.05) is 37.7 Å². The molecule has 0 unspecified atom stereocenters. The summed E-state index contributed by atoms with van der Waals surface area (Å²) in [5, 5.41) is 5.44. The summed E-state index contributed by atoms with van der Waals surface area (Å²) >= 11 is 0. The molecular formula is C41H41F5N8O2. The first-order valence-corrected chi connectivity index (χ1v) is 19.1. The van der Waals surface area contributed by atoms with Gasteiger partial charge in [-0.1, -0.05) is 37.8 Å². The third-order valence-corrected chi connectivity index (χ3v) is 12.1. The Balaban J connectivity index is 1.09. The highest BCUT2D eigenvalue weighted by Gasteiger charge is 2.50. The molecular weight excluding hydrogens is 731 g/mol. The van der Waals surface area contributed by atoms with Gasteiger partial charge in [0, 0.05) is 49.0 Å². The molecule has 5 aromatic rings. The Morgan fingerprint density at radius 2 is 1.86 bits per heavy atom. The molecule has 2 aromatic carbocycles. The van der Waals surface area contributed by atoms with E-state index in [1.165, 1.54) is 12.1 Å². The van der Waals surface area contributed by atoms with Crippen LogP contribution in [0.5, 0.6) is 11.9 Å². The number of fused-ring (bicyclic) bond motifs is 4. The third kappa shape index (κ3) is 6.19. The van der Waals surface area contributed by atoms with Gasteiger partial charge in [-0.05, 0) is 80.0 Å². The SMILES string of the molecule is C=C1C[C@@H]2CN[C@H](CC)CN2c2nc(OC[C@@]34CCCN3[C@H](COc3ccnc(C(F)(F)F)n3)CC4)nc3c(F)c(-c4cccc5ccc(F)c(C)c45)nc1c23. The fourth-order valence-corrected chi connectivity index (χ4v) is 9.26. The van der Waals surface area contributed by atoms with Crippen LogP contribution in [0.4, 0.5) is 27.8 Å². The van der Waals surface area contributed by atoms with Gasteiger partial charge in [0.25, 0.3) is 0 Å². The average molecular weight is 773 g/mol. The zero-order chi connectivity index (χ0) is 38.9. The van der Waals surface area contributed by atoms with Gasteiger partial charge in [0.2, 0.25) is 11.7 Å². The number of hydrogen-bond donors (Lipinski definition) is 1. The molecule has 0 amide bonds. The lowest BCUT2D eigenvalue weighted by atomic mass is 9.95. The molecule has 4 aliphatic heterocycles. The number of nitrogens with zero attached hydrogens (tertiary/aromatic N) is 7. The number of nitrogens with one attached hydrogen (secondary N) is 1. The van der Waals surface area contributed by atoms with Crippen molar-refractivity contribution in [1.29, 1.82) is 0 Å². The van der Waals surface area contributed by atoms with Crippen LogP contribution < -0.4 is 19.7 Å². The van der Waals surface area contributed by atoms with E-state index in [4.69, 9.17) is 24.4 Å². The van der Waals surface area contributed by atoms with Crippen molar-refractivity contribution in [1.82, 2.24) is 35.1 Å². The lowest BCUT2D eigenvalue weighted by Crippen LogP contribution is -2.56. The van der Waals surface area contributed by atoms with Crippen molar-refractivity contribution in [3.8, 4) is 23.1 Å². The lowest BCUT2D eigenvalue weighted by Gasteiger charge is -2.40. The average Bonchev–Trinajstić information content (AvgIpc) is 3.73. The van der Waals surface area contributed by atoms with Gasteiger partial charge in [-0.15, -0.1) is 0 Å². The van der Waals surface area contributed by atoms with E-state index in [0.717, 1.165) is 55.8 Å². The Morgan fingerprint density at radius 3 is 2.68 bits per heavy atom. The fourth-order valence-electron chi connectivity index (χ4n) is 9.26. The highest BCUT2D eigenvalue weighted by atomic mass is 19.4. The number of aromatic nitrogens is 5. The van der Waals surface area contributed by atoms with E-state index in [1.807, 2.05) is 12.1 Å². The topological polar surface area (TPSA) is 101 Å². The zero-order valence-electron chi connectivity index (χ0n) is 31.1. The van der Waals surface area contributed by atoms with Crippen molar-refractivity contribution < 1.29 is 31.4 Å². The van der Waals surface area contributed by atoms with Crippen LogP contribution in [-0.2, 0) is 6.18 Å². The summed E-state index contributed by atoms with van der Waals surface area (Å²) in [5.74, 6) is -1.88. The van der Waals surface area contributed by atoms with Crippen molar-refractivity contribution in [3.63, 3.8) is 0 Å². The van der Waals surface area contributed by atoms with Crippen molar-refractivity contribution >= 4 is 33.1 Å². The number of alkyl halides is 3. The number of pyridine rings is 1. The van der Waals surface area contributed by atoms with Crippen LogP contribution in [0.1, 0.15) is 62.5 Å². The molecule has 10 nitrogen and oxygen atoms in total. The highest BCUT2D eigenvalue weighted by Crippen LogP contribution is 2.45. The van der Waals surface area contributed by atoms with E-state index < -0.39 is 23.6 Å². The number of rotatable bonds is 8. The first kappa shape index (κ1) is 36.6. The molecule has 292 valence electrons. The predicted octanol–water partition coefficient (Wildman–Crippen LogP) is 7.67. The molecule has 3 fully saturated rings. The third-order valence-electron chi connectivity index (χ3n) is 12.1. The maximum Gasteiger partial charge on any atom is 0.451 e. The second kappa shape index (κ2) is 13.9. The zero-order valence-corrected chi connectivity index (χ0v) is 31.1. The van der Waals surface area contributed by atoms with E-state index in [-0.39, 0.29) is 60.0 Å². The van der Waals surface area contributed by atoms with Crippen LogP contribution in [-0.4, -0.2) is 86.3 Å². The molecule has 7 heterocycles. The van der Waals surface area contributed by atoms with Gasteiger partial charge in [-0.3, -0.25) is 4.90 Å². The van der Waals surface area contributed by atoms with E-state index >= 15 is 4.39 Å². The highest BCUT2D eigenvalue weighted by molar-refractivity contribution is 6.04. The molecule has 0 saturated carbocycles. The van der Waals surface area contributed by atoms with Crippen LogP contribution in [0.2, 0.25) is 0 Å². The summed E-state index contributed by atoms with van der Waals surface area (Å²) in [7, 11) is 0. The van der Waals surface area contributed by atoms with Crippen molar-refractivity contribution in [2.45, 2.75) is 82.2 Å². The molecule has 9 rings (SSSR count). The molecule has 4 aliphatic rings. The quantitative estimate of drug-likeness (QED) is 0.158. The monoisotopic (exact) mass is 772 g/mol. The van der Waals surface area contributed by atoms with Gasteiger partial charge in [0.15, 0.2) is 5.82 Å². The first-order chi connectivity index (χ1) is 26.9. The largest absolute Gasteiger partial charge is 0.476 e. The second-order valence-corrected chi connectivity index (χ2v) is 15.4. The van der Waals surface area contributed by atoms with E-state index in [9.17, 15) is 17.6 Å². The minimum atomic E-state index is -4.68. The van der Waals surface area contributed by atoms with Crippen LogP contribution in [0.15, 0.2) is 49.2 Å². The molecule has 0 spiro atoms. The molecule has 4 atom stereocenters. The maximum atomic E-state index is 17.3. The minimum Gasteiger partial charge on any atom is -0.476 e. The van der Waals surface area contributed by atoms with Gasteiger partial charge in [-0.2, -0.15) is 28.1 Å². The molecule has 3 aromatic heterocycles. The molecule has 3 saturated heterocycles. The number of anilines is 1. The summed E-state index contributed by atoms with van der Waals surface area (Å²) in [6.07, 6.45) is 1.06. The van der Waals surface area contributed by atoms with Crippen molar-refractivity contribution in [3.05, 3.63) is 77.9 Å². The Morgan fingerprint density at radius 1 is 1.00 bits per heavy atom. The lowest BCUT2D eigenvalue weighted by molar-refractivity contribution is -0.145. The Hall–Kier alpha value is -5.02. The van der Waals surface area contributed by atoms with Gasteiger partial charge in [-0.25, -0.2) is 18.7 Å². The summed E-state index contributed by atoms with van der Waals surface area (Å²) in [6.45, 7) is 10.7. The Labute approximate surface area is 320 Å². The smallest absolute Gasteiger partial charge is 0.451 e. The molecule has 0 radical (unpaired) electrons. The van der Waals surface area contributed by atoms with Crippen molar-refractivity contribution in [2.24, 2.45) is 0 Å². The number of hydrogen-bond acceptors (Lipinski definition) is 10. The summed E-state index contributed by atoms with van der Waals surface area (Å²) < 4.78 is 84.2. The van der Waals surface area contributed by atoms with Crippen LogP contribution in [0.3, 0.4) is 0 Å². The Bertz CT molecular complexity index is 2380. The first-order valence-electron chi connectivity index (χ1n) is 19.1. The van der Waals surface area contributed by atoms with Crippen LogP contribution >= 0.6 is 0 Å². The van der Waals surface area contributed by atoms with Gasteiger partial charge >= 0.3 is 12.2 Å². The molecule has 0 bridgehead atoms. The van der Waals surface area contributed by atoms with Crippen LogP contribution in [0, 0.1) is 18.6 Å². The molecule has 56 heavy (non-hydrogen) atoms. The van der Waals surface area contributed by atoms with E-state index in [1.54, 1.807) is 19.1 Å². The van der Waals surface area contributed by atoms with Gasteiger partial charge < -0.3 is 19.7 Å². The number of ether oxygens (including phenoxy) is 2. The number of benzene rings is 2. The minimum absolute atomic E-state index is 0.0209. The fraction of sp³-hybridized carbons (Fsp3) is 0.439. The molecule has 15 heteroatoms.